The number of nitrogens with one attached hydrogen (secondary N) is 1. The van der Waals surface area contributed by atoms with Crippen LogP contribution in [0.15, 0.2) is 42.7 Å². The summed E-state index contributed by atoms with van der Waals surface area (Å²) < 4.78 is 18.8. The number of hydrogen-bond donors (Lipinski definition) is 1. The molecule has 1 aromatic heterocycles. The van der Waals surface area contributed by atoms with Crippen molar-refractivity contribution >= 4 is 17.6 Å². The summed E-state index contributed by atoms with van der Waals surface area (Å²) in [6.07, 6.45) is 4.77. The highest BCUT2D eigenvalue weighted by Crippen LogP contribution is 2.25. The molecule has 0 radical (unpaired) electrons. The summed E-state index contributed by atoms with van der Waals surface area (Å²) in [6, 6.07) is 7.64. The second-order valence-electron chi connectivity index (χ2n) is 5.92. The quantitative estimate of drug-likeness (QED) is 0.902. The maximum absolute atomic E-state index is 12.9. The number of nitrogens with zero attached hydrogens (tertiary/aromatic N) is 2. The average Bonchev–Trinajstić information content (AvgIpc) is 2.63. The molecular formula is C18H19ClFN3O2. The van der Waals surface area contributed by atoms with Crippen molar-refractivity contribution in [2.24, 2.45) is 0 Å². The van der Waals surface area contributed by atoms with Crippen LogP contribution in [-0.4, -0.2) is 35.1 Å². The molecule has 1 atom stereocenters. The molecule has 1 aliphatic rings. The molecule has 2 heterocycles. The van der Waals surface area contributed by atoms with Gasteiger partial charge in [-0.25, -0.2) is 9.18 Å². The third-order valence-electron chi connectivity index (χ3n) is 4.05. The van der Waals surface area contributed by atoms with E-state index in [1.807, 2.05) is 0 Å². The molecule has 1 fully saturated rings. The third-order valence-corrected chi connectivity index (χ3v) is 4.34. The van der Waals surface area contributed by atoms with Crippen molar-refractivity contribution in [1.82, 2.24) is 15.2 Å². The standard InChI is InChI=1S/C18H19ClFN3O2/c19-16-11-21-8-7-17(16)25-15-2-1-9-23(12-15)18(24)22-10-13-3-5-14(20)6-4-13/h3-8,11,15H,1-2,9-10,12H2,(H,22,24). The van der Waals surface area contributed by atoms with Gasteiger partial charge in [-0.15, -0.1) is 0 Å². The Labute approximate surface area is 150 Å². The van der Waals surface area contributed by atoms with Crippen LogP contribution in [0.25, 0.3) is 0 Å². The van der Waals surface area contributed by atoms with Gasteiger partial charge in [-0.05, 0) is 30.5 Å². The molecule has 1 saturated heterocycles. The molecule has 1 aromatic carbocycles. The molecule has 1 N–H and O–H groups in total. The second-order valence-corrected chi connectivity index (χ2v) is 6.33. The number of carbonyl (C=O) groups excluding carboxylic acids is 1. The maximum atomic E-state index is 12.9. The van der Waals surface area contributed by atoms with E-state index in [2.05, 4.69) is 10.3 Å². The minimum absolute atomic E-state index is 0.106. The Bertz CT molecular complexity index is 727. The first-order chi connectivity index (χ1) is 12.1. The number of hydrogen-bond acceptors (Lipinski definition) is 3. The number of ether oxygens (including phenoxy) is 1. The van der Waals surface area contributed by atoms with Crippen molar-refractivity contribution < 1.29 is 13.9 Å². The van der Waals surface area contributed by atoms with Gasteiger partial charge in [0.25, 0.3) is 0 Å². The molecular weight excluding hydrogens is 345 g/mol. The predicted octanol–water partition coefficient (Wildman–Crippen LogP) is 3.63. The number of pyridine rings is 1. The lowest BCUT2D eigenvalue weighted by atomic mass is 10.1. The zero-order valence-electron chi connectivity index (χ0n) is 13.6. The van der Waals surface area contributed by atoms with E-state index in [0.29, 0.717) is 30.4 Å². The molecule has 1 unspecified atom stereocenters. The number of urea groups is 1. The molecule has 0 spiro atoms. The van der Waals surface area contributed by atoms with Crippen molar-refractivity contribution in [1.29, 1.82) is 0 Å². The maximum Gasteiger partial charge on any atom is 0.317 e. The molecule has 0 bridgehead atoms. The van der Waals surface area contributed by atoms with Gasteiger partial charge in [-0.3, -0.25) is 4.98 Å². The summed E-state index contributed by atoms with van der Waals surface area (Å²) in [5, 5.41) is 3.32. The van der Waals surface area contributed by atoms with Crippen molar-refractivity contribution in [3.8, 4) is 5.75 Å². The van der Waals surface area contributed by atoms with E-state index in [-0.39, 0.29) is 18.0 Å². The van der Waals surface area contributed by atoms with Gasteiger partial charge in [0, 0.05) is 31.5 Å². The van der Waals surface area contributed by atoms with Gasteiger partial charge in [0.1, 0.15) is 22.7 Å². The average molecular weight is 364 g/mol. The lowest BCUT2D eigenvalue weighted by molar-refractivity contribution is 0.101. The molecule has 5 nitrogen and oxygen atoms in total. The normalized spacial score (nSPS) is 17.2. The van der Waals surface area contributed by atoms with Crippen LogP contribution in [0.1, 0.15) is 18.4 Å². The fourth-order valence-corrected chi connectivity index (χ4v) is 2.91. The topological polar surface area (TPSA) is 54.5 Å². The number of amides is 2. The third kappa shape index (κ3) is 4.82. The number of rotatable bonds is 4. The van der Waals surface area contributed by atoms with Crippen molar-refractivity contribution in [2.75, 3.05) is 13.1 Å². The lowest BCUT2D eigenvalue weighted by Gasteiger charge is -2.33. The number of benzene rings is 1. The molecule has 2 aromatic rings. The lowest BCUT2D eigenvalue weighted by Crippen LogP contribution is -2.48. The number of likely N-dealkylation sites (tertiary alicyclic amines) is 1. The van der Waals surface area contributed by atoms with E-state index < -0.39 is 0 Å². The van der Waals surface area contributed by atoms with E-state index >= 15 is 0 Å². The van der Waals surface area contributed by atoms with Gasteiger partial charge >= 0.3 is 6.03 Å². The molecule has 2 amide bonds. The van der Waals surface area contributed by atoms with Crippen LogP contribution in [0.2, 0.25) is 5.02 Å². The van der Waals surface area contributed by atoms with Crippen LogP contribution < -0.4 is 10.1 Å². The Kier molecular flexibility index (Phi) is 5.71. The number of halogens is 2. The summed E-state index contributed by atoms with van der Waals surface area (Å²) in [5.41, 5.74) is 0.850. The molecule has 132 valence electrons. The van der Waals surface area contributed by atoms with Gasteiger partial charge in [-0.1, -0.05) is 23.7 Å². The highest BCUT2D eigenvalue weighted by atomic mass is 35.5. The van der Waals surface area contributed by atoms with Crippen molar-refractivity contribution in [3.63, 3.8) is 0 Å². The summed E-state index contributed by atoms with van der Waals surface area (Å²) in [6.45, 7) is 1.53. The Morgan fingerprint density at radius 2 is 2.16 bits per heavy atom. The number of aromatic nitrogens is 1. The van der Waals surface area contributed by atoms with E-state index in [1.165, 1.54) is 18.3 Å². The number of piperidine rings is 1. The highest BCUT2D eigenvalue weighted by Gasteiger charge is 2.25. The van der Waals surface area contributed by atoms with E-state index in [4.69, 9.17) is 16.3 Å². The van der Waals surface area contributed by atoms with Gasteiger partial charge in [-0.2, -0.15) is 0 Å². The zero-order chi connectivity index (χ0) is 17.6. The molecule has 25 heavy (non-hydrogen) atoms. The SMILES string of the molecule is O=C(NCc1ccc(F)cc1)N1CCCC(Oc2ccncc2Cl)C1. The van der Waals surface area contributed by atoms with E-state index in [1.54, 1.807) is 29.3 Å². The molecule has 3 rings (SSSR count). The Morgan fingerprint density at radius 3 is 2.92 bits per heavy atom. The van der Waals surface area contributed by atoms with E-state index in [9.17, 15) is 9.18 Å². The zero-order valence-corrected chi connectivity index (χ0v) is 14.4. The largest absolute Gasteiger partial charge is 0.487 e. The first kappa shape index (κ1) is 17.5. The van der Waals surface area contributed by atoms with Crippen LogP contribution in [0.5, 0.6) is 5.75 Å². The van der Waals surface area contributed by atoms with Crippen LogP contribution >= 0.6 is 11.6 Å². The smallest absolute Gasteiger partial charge is 0.317 e. The minimum Gasteiger partial charge on any atom is -0.487 e. The second kappa shape index (κ2) is 8.16. The van der Waals surface area contributed by atoms with Crippen molar-refractivity contribution in [3.05, 3.63) is 59.1 Å². The minimum atomic E-state index is -0.291. The fraction of sp³-hybridized carbons (Fsp3) is 0.333. The molecule has 7 heteroatoms. The molecule has 0 aliphatic carbocycles. The van der Waals surface area contributed by atoms with Gasteiger partial charge < -0.3 is 15.0 Å². The Morgan fingerprint density at radius 1 is 1.36 bits per heavy atom. The van der Waals surface area contributed by atoms with E-state index in [0.717, 1.165) is 18.4 Å². The van der Waals surface area contributed by atoms with Gasteiger partial charge in [0.15, 0.2) is 0 Å². The first-order valence-electron chi connectivity index (χ1n) is 8.15. The summed E-state index contributed by atoms with van der Waals surface area (Å²) in [7, 11) is 0. The van der Waals surface area contributed by atoms with Gasteiger partial charge in [0.05, 0.1) is 6.54 Å². The predicted molar refractivity (Wildman–Crippen MR) is 93.1 cm³/mol. The van der Waals surface area contributed by atoms with Crippen LogP contribution in [0.4, 0.5) is 9.18 Å². The van der Waals surface area contributed by atoms with Crippen LogP contribution in [0, 0.1) is 5.82 Å². The van der Waals surface area contributed by atoms with Crippen LogP contribution in [-0.2, 0) is 6.54 Å². The highest BCUT2D eigenvalue weighted by molar-refractivity contribution is 6.31. The molecule has 0 saturated carbocycles. The fourth-order valence-electron chi connectivity index (χ4n) is 2.75. The molecule has 1 aliphatic heterocycles. The number of carbonyl (C=O) groups is 1. The van der Waals surface area contributed by atoms with Crippen LogP contribution in [0.3, 0.4) is 0 Å². The first-order valence-corrected chi connectivity index (χ1v) is 8.53. The summed E-state index contributed by atoms with van der Waals surface area (Å²) in [5.74, 6) is 0.288. The van der Waals surface area contributed by atoms with Gasteiger partial charge in [0.2, 0.25) is 0 Å². The van der Waals surface area contributed by atoms with Crippen molar-refractivity contribution in [2.45, 2.75) is 25.5 Å². The summed E-state index contributed by atoms with van der Waals surface area (Å²) in [4.78, 5) is 18.0. The monoisotopic (exact) mass is 363 g/mol. The Balaban J connectivity index is 1.52. The summed E-state index contributed by atoms with van der Waals surface area (Å²) >= 11 is 6.06. The Hall–Kier alpha value is -2.34.